The van der Waals surface area contributed by atoms with Crippen molar-refractivity contribution in [3.05, 3.63) is 27.2 Å². The summed E-state index contributed by atoms with van der Waals surface area (Å²) in [4.78, 5) is 23.6. The molecule has 4 N–H and O–H groups in total. The van der Waals surface area contributed by atoms with Crippen molar-refractivity contribution in [1.82, 2.24) is 15.5 Å². The number of amides is 1. The number of unbranched alkanes of at least 4 members (excludes halogenated alkanes) is 1. The van der Waals surface area contributed by atoms with Gasteiger partial charge in [0.1, 0.15) is 0 Å². The maximum Gasteiger partial charge on any atom is 0.267 e. The Hall–Kier alpha value is -1.69. The van der Waals surface area contributed by atoms with Gasteiger partial charge in [-0.15, -0.1) is 0 Å². The number of fused-ring (bicyclic) bond motifs is 1. The molecule has 1 aromatic rings. The first-order valence-corrected chi connectivity index (χ1v) is 7.28. The predicted octanol–water partition coefficient (Wildman–Crippen LogP) is 0.0463. The quantitative estimate of drug-likeness (QED) is 0.640. The maximum atomic E-state index is 11.9. The minimum absolute atomic E-state index is 0.0469. The van der Waals surface area contributed by atoms with Crippen LogP contribution in [0.2, 0.25) is 0 Å². The molecule has 0 radical (unpaired) electrons. The van der Waals surface area contributed by atoms with E-state index in [9.17, 15) is 9.59 Å². The lowest BCUT2D eigenvalue weighted by molar-refractivity contribution is -0.120. The van der Waals surface area contributed by atoms with E-state index >= 15 is 0 Å². The highest BCUT2D eigenvalue weighted by molar-refractivity contribution is 5.78. The second-order valence-corrected chi connectivity index (χ2v) is 5.19. The number of nitrogens with one attached hydrogen (secondary N) is 2. The van der Waals surface area contributed by atoms with Crippen molar-refractivity contribution >= 4 is 5.91 Å². The highest BCUT2D eigenvalue weighted by Gasteiger charge is 2.19. The van der Waals surface area contributed by atoms with Crippen LogP contribution in [0.25, 0.3) is 0 Å². The average Bonchev–Trinajstić information content (AvgIpc) is 2.47. The molecule has 110 valence electrons. The number of nitrogens with two attached hydrogens (primary N) is 1. The average molecular weight is 278 g/mol. The van der Waals surface area contributed by atoms with Gasteiger partial charge in [0.15, 0.2) is 0 Å². The lowest BCUT2D eigenvalue weighted by Gasteiger charge is -2.17. The Balaban J connectivity index is 1.99. The summed E-state index contributed by atoms with van der Waals surface area (Å²) in [6.07, 6.45) is 5.77. The van der Waals surface area contributed by atoms with Crippen LogP contribution in [0.5, 0.6) is 0 Å². The van der Waals surface area contributed by atoms with Crippen LogP contribution in [0.15, 0.2) is 4.79 Å². The Labute approximate surface area is 118 Å². The Morgan fingerprint density at radius 1 is 1.25 bits per heavy atom. The molecule has 6 heteroatoms. The molecule has 1 aromatic heterocycles. The predicted molar refractivity (Wildman–Crippen MR) is 76.5 cm³/mol. The molecule has 0 unspecified atom stereocenters. The highest BCUT2D eigenvalue weighted by atomic mass is 16.1. The number of H-pyrrole nitrogens is 1. The summed E-state index contributed by atoms with van der Waals surface area (Å²) in [7, 11) is 0. The molecule has 0 atom stereocenters. The smallest absolute Gasteiger partial charge is 0.267 e. The first-order valence-electron chi connectivity index (χ1n) is 7.28. The van der Waals surface area contributed by atoms with Crippen molar-refractivity contribution in [2.75, 3.05) is 13.1 Å². The molecular weight excluding hydrogens is 256 g/mol. The van der Waals surface area contributed by atoms with Crippen molar-refractivity contribution < 1.29 is 4.79 Å². The molecule has 1 amide bonds. The molecule has 2 rings (SSSR count). The molecule has 0 bridgehead atoms. The Kier molecular flexibility index (Phi) is 5.29. The zero-order valence-corrected chi connectivity index (χ0v) is 11.7. The summed E-state index contributed by atoms with van der Waals surface area (Å²) >= 11 is 0. The molecule has 0 spiro atoms. The van der Waals surface area contributed by atoms with Gasteiger partial charge in [-0.2, -0.15) is 5.10 Å². The van der Waals surface area contributed by atoms with Crippen LogP contribution in [0.1, 0.15) is 42.5 Å². The van der Waals surface area contributed by atoms with E-state index in [2.05, 4.69) is 15.5 Å². The van der Waals surface area contributed by atoms with Gasteiger partial charge < -0.3 is 11.1 Å². The molecular formula is C14H22N4O2. The summed E-state index contributed by atoms with van der Waals surface area (Å²) in [5.41, 5.74) is 7.82. The van der Waals surface area contributed by atoms with E-state index in [1.165, 1.54) is 0 Å². The van der Waals surface area contributed by atoms with Crippen LogP contribution in [0.4, 0.5) is 0 Å². The molecule has 1 aliphatic carbocycles. The van der Waals surface area contributed by atoms with Gasteiger partial charge in [0, 0.05) is 12.1 Å². The fourth-order valence-electron chi connectivity index (χ4n) is 2.59. The maximum absolute atomic E-state index is 11.9. The fraction of sp³-hybridized carbons (Fsp3) is 0.643. The van der Waals surface area contributed by atoms with Crippen molar-refractivity contribution in [3.63, 3.8) is 0 Å². The Morgan fingerprint density at radius 3 is 2.75 bits per heavy atom. The third-order valence-electron chi connectivity index (χ3n) is 3.66. The van der Waals surface area contributed by atoms with Crippen molar-refractivity contribution in [2.24, 2.45) is 5.73 Å². The van der Waals surface area contributed by atoms with Crippen LogP contribution in [-0.4, -0.2) is 29.2 Å². The summed E-state index contributed by atoms with van der Waals surface area (Å²) in [5.74, 6) is -0.0469. The third kappa shape index (κ3) is 3.66. The first-order chi connectivity index (χ1) is 9.72. The topological polar surface area (TPSA) is 101 Å². The lowest BCUT2D eigenvalue weighted by atomic mass is 9.91. The van der Waals surface area contributed by atoms with Gasteiger partial charge in [-0.1, -0.05) is 0 Å². The number of rotatable bonds is 6. The number of hydrogen-bond donors (Lipinski definition) is 3. The number of carbonyl (C=O) groups excluding carboxylic acids is 1. The van der Waals surface area contributed by atoms with Crippen LogP contribution in [0.3, 0.4) is 0 Å². The zero-order chi connectivity index (χ0) is 14.4. The molecule has 1 heterocycles. The van der Waals surface area contributed by atoms with Gasteiger partial charge in [-0.3, -0.25) is 9.59 Å². The van der Waals surface area contributed by atoms with E-state index in [-0.39, 0.29) is 17.9 Å². The van der Waals surface area contributed by atoms with E-state index in [1.807, 2.05) is 0 Å². The second-order valence-electron chi connectivity index (χ2n) is 5.19. The molecule has 20 heavy (non-hydrogen) atoms. The van der Waals surface area contributed by atoms with Crippen LogP contribution in [0, 0.1) is 0 Å². The highest BCUT2D eigenvalue weighted by Crippen LogP contribution is 2.20. The number of carbonyl (C=O) groups is 1. The summed E-state index contributed by atoms with van der Waals surface area (Å²) in [5, 5.41) is 9.43. The van der Waals surface area contributed by atoms with Crippen molar-refractivity contribution in [3.8, 4) is 0 Å². The zero-order valence-electron chi connectivity index (χ0n) is 11.7. The van der Waals surface area contributed by atoms with Gasteiger partial charge in [-0.25, -0.2) is 5.10 Å². The standard InChI is InChI=1S/C14H22N4O2/c15-7-3-4-8-16-13(19)9-12-10-5-1-2-6-11(10)14(20)18-17-12/h1-9,15H2,(H,16,19)(H,18,20). The van der Waals surface area contributed by atoms with E-state index in [4.69, 9.17) is 5.73 Å². The van der Waals surface area contributed by atoms with Gasteiger partial charge in [0.05, 0.1) is 12.1 Å². The Bertz CT molecular complexity index is 524. The number of hydrogen-bond acceptors (Lipinski definition) is 4. The van der Waals surface area contributed by atoms with Gasteiger partial charge in [0.25, 0.3) is 5.56 Å². The van der Waals surface area contributed by atoms with Crippen molar-refractivity contribution in [2.45, 2.75) is 44.9 Å². The molecule has 0 aliphatic heterocycles. The largest absolute Gasteiger partial charge is 0.356 e. The minimum atomic E-state index is -0.105. The number of aromatic nitrogens is 2. The molecule has 0 fully saturated rings. The van der Waals surface area contributed by atoms with Crippen LogP contribution in [-0.2, 0) is 24.1 Å². The molecule has 1 aliphatic rings. The fourth-order valence-corrected chi connectivity index (χ4v) is 2.59. The number of nitrogens with zero attached hydrogens (tertiary/aromatic N) is 1. The van der Waals surface area contributed by atoms with Gasteiger partial charge >= 0.3 is 0 Å². The summed E-state index contributed by atoms with van der Waals surface area (Å²) < 4.78 is 0. The minimum Gasteiger partial charge on any atom is -0.356 e. The molecule has 0 saturated carbocycles. The van der Waals surface area contributed by atoms with E-state index in [1.54, 1.807) is 0 Å². The lowest BCUT2D eigenvalue weighted by Crippen LogP contribution is -2.29. The van der Waals surface area contributed by atoms with E-state index < -0.39 is 0 Å². The normalized spacial score (nSPS) is 13.8. The molecule has 0 saturated heterocycles. The van der Waals surface area contributed by atoms with Gasteiger partial charge in [0.2, 0.25) is 5.91 Å². The molecule has 6 nitrogen and oxygen atoms in total. The van der Waals surface area contributed by atoms with Crippen LogP contribution < -0.4 is 16.6 Å². The van der Waals surface area contributed by atoms with Crippen LogP contribution >= 0.6 is 0 Å². The first kappa shape index (κ1) is 14.7. The molecule has 0 aromatic carbocycles. The Morgan fingerprint density at radius 2 is 2.00 bits per heavy atom. The van der Waals surface area contributed by atoms with E-state index in [0.29, 0.717) is 13.1 Å². The summed E-state index contributed by atoms with van der Waals surface area (Å²) in [6, 6.07) is 0. The summed E-state index contributed by atoms with van der Waals surface area (Å²) in [6.45, 7) is 1.28. The van der Waals surface area contributed by atoms with E-state index in [0.717, 1.165) is 55.3 Å². The SMILES string of the molecule is NCCCCNC(=O)Cc1n[nH]c(=O)c2c1CCCC2. The monoisotopic (exact) mass is 278 g/mol. The van der Waals surface area contributed by atoms with Gasteiger partial charge in [-0.05, 0) is 50.6 Å². The second kappa shape index (κ2) is 7.19. The number of aromatic amines is 1. The third-order valence-corrected chi connectivity index (χ3v) is 3.66. The van der Waals surface area contributed by atoms with Crippen molar-refractivity contribution in [1.29, 1.82) is 0 Å².